The Morgan fingerprint density at radius 2 is 2.16 bits per heavy atom. The van der Waals surface area contributed by atoms with Crippen LogP contribution < -0.4 is 16.6 Å². The molecule has 1 fully saturated rings. The van der Waals surface area contributed by atoms with Gasteiger partial charge in [-0.1, -0.05) is 13.8 Å². The molecule has 1 aromatic heterocycles. The highest BCUT2D eigenvalue weighted by atomic mass is 16.6. The molecule has 0 saturated carbocycles. The second-order valence-corrected chi connectivity index (χ2v) is 4.74. The molecule has 1 aromatic rings. The van der Waals surface area contributed by atoms with Crippen LogP contribution in [0.15, 0.2) is 6.07 Å². The smallest absolute Gasteiger partial charge is 0.145 e. The van der Waals surface area contributed by atoms with Crippen LogP contribution in [0.25, 0.3) is 0 Å². The Hall–Kier alpha value is -1.44. The van der Waals surface area contributed by atoms with Gasteiger partial charge in [-0.15, -0.1) is 0 Å². The fourth-order valence-electron chi connectivity index (χ4n) is 1.76. The molecule has 1 unspecified atom stereocenters. The first kappa shape index (κ1) is 14.0. The summed E-state index contributed by atoms with van der Waals surface area (Å²) >= 11 is 0. The summed E-state index contributed by atoms with van der Waals surface area (Å²) in [5, 5.41) is 3.23. The molecule has 2 heterocycles. The summed E-state index contributed by atoms with van der Waals surface area (Å²) in [7, 11) is 0. The molecule has 0 amide bonds. The van der Waals surface area contributed by atoms with E-state index in [2.05, 4.69) is 20.7 Å². The number of rotatable bonds is 5. The molecular formula is C12H21N5O2. The molecule has 1 atom stereocenters. The van der Waals surface area contributed by atoms with Crippen LogP contribution in [0.5, 0.6) is 0 Å². The van der Waals surface area contributed by atoms with Gasteiger partial charge in [-0.2, -0.15) is 0 Å². The van der Waals surface area contributed by atoms with Crippen molar-refractivity contribution >= 4 is 11.6 Å². The van der Waals surface area contributed by atoms with Gasteiger partial charge in [0.15, 0.2) is 0 Å². The topological polar surface area (TPSA) is 94.3 Å². The van der Waals surface area contributed by atoms with Gasteiger partial charge in [0, 0.05) is 18.5 Å². The summed E-state index contributed by atoms with van der Waals surface area (Å²) in [6, 6.07) is 1.77. The van der Waals surface area contributed by atoms with Crippen LogP contribution in [0.2, 0.25) is 0 Å². The molecule has 1 aliphatic rings. The van der Waals surface area contributed by atoms with Crippen molar-refractivity contribution in [3.63, 3.8) is 0 Å². The third kappa shape index (κ3) is 4.02. The second kappa shape index (κ2) is 6.65. The standard InChI is InChI=1S/C12H21N5O2/c1-8(2)12-15-10(5-11(16-12)17-13)14-6-9-7-18-3-4-19-9/h5,8-9H,3-4,6-7,13H2,1-2H3,(H2,14,15,16,17). The maximum Gasteiger partial charge on any atom is 0.145 e. The Bertz CT molecular complexity index is 407. The van der Waals surface area contributed by atoms with E-state index in [1.54, 1.807) is 6.07 Å². The molecule has 0 aromatic carbocycles. The predicted molar refractivity (Wildman–Crippen MR) is 73.0 cm³/mol. The normalized spacial score (nSPS) is 19.5. The monoisotopic (exact) mass is 267 g/mol. The molecule has 1 aliphatic heterocycles. The van der Waals surface area contributed by atoms with Crippen molar-refractivity contribution < 1.29 is 9.47 Å². The Balaban J connectivity index is 2.00. The average molecular weight is 267 g/mol. The number of nitrogen functional groups attached to an aromatic ring is 1. The van der Waals surface area contributed by atoms with Gasteiger partial charge >= 0.3 is 0 Å². The minimum Gasteiger partial charge on any atom is -0.376 e. The van der Waals surface area contributed by atoms with E-state index in [0.717, 1.165) is 11.6 Å². The van der Waals surface area contributed by atoms with Crippen LogP contribution in [-0.2, 0) is 9.47 Å². The Morgan fingerprint density at radius 1 is 1.37 bits per heavy atom. The fraction of sp³-hybridized carbons (Fsp3) is 0.667. The molecule has 0 aliphatic carbocycles. The molecule has 7 heteroatoms. The fourth-order valence-corrected chi connectivity index (χ4v) is 1.76. The average Bonchev–Trinajstić information content (AvgIpc) is 2.45. The van der Waals surface area contributed by atoms with Crippen LogP contribution in [0.1, 0.15) is 25.6 Å². The van der Waals surface area contributed by atoms with Crippen molar-refractivity contribution in [1.82, 2.24) is 9.97 Å². The Kier molecular flexibility index (Phi) is 4.89. The van der Waals surface area contributed by atoms with Gasteiger partial charge in [-0.25, -0.2) is 15.8 Å². The highest BCUT2D eigenvalue weighted by Crippen LogP contribution is 2.16. The van der Waals surface area contributed by atoms with E-state index in [9.17, 15) is 0 Å². The van der Waals surface area contributed by atoms with Crippen LogP contribution in [-0.4, -0.2) is 42.4 Å². The second-order valence-electron chi connectivity index (χ2n) is 4.74. The number of hydrogen-bond donors (Lipinski definition) is 3. The minimum atomic E-state index is 0.0560. The van der Waals surface area contributed by atoms with Crippen molar-refractivity contribution in [3.8, 4) is 0 Å². The van der Waals surface area contributed by atoms with E-state index >= 15 is 0 Å². The van der Waals surface area contributed by atoms with E-state index in [1.165, 1.54) is 0 Å². The van der Waals surface area contributed by atoms with Crippen LogP contribution in [0.4, 0.5) is 11.6 Å². The van der Waals surface area contributed by atoms with Gasteiger partial charge in [0.25, 0.3) is 0 Å². The molecule has 19 heavy (non-hydrogen) atoms. The molecule has 1 saturated heterocycles. The summed E-state index contributed by atoms with van der Waals surface area (Å²) in [6.45, 7) is 6.65. The SMILES string of the molecule is CC(C)c1nc(NN)cc(NCC2COCCO2)n1. The van der Waals surface area contributed by atoms with Crippen molar-refractivity contribution in [3.05, 3.63) is 11.9 Å². The minimum absolute atomic E-state index is 0.0560. The Morgan fingerprint density at radius 3 is 2.79 bits per heavy atom. The number of nitrogens with zero attached hydrogens (tertiary/aromatic N) is 2. The molecule has 0 spiro atoms. The lowest BCUT2D eigenvalue weighted by Crippen LogP contribution is -2.34. The highest BCUT2D eigenvalue weighted by Gasteiger charge is 2.15. The molecule has 0 radical (unpaired) electrons. The van der Waals surface area contributed by atoms with Crippen molar-refractivity contribution in [2.24, 2.45) is 5.84 Å². The third-order valence-corrected chi connectivity index (χ3v) is 2.80. The number of nitrogens with two attached hydrogens (primary N) is 1. The first-order chi connectivity index (χ1) is 9.19. The quantitative estimate of drug-likeness (QED) is 0.534. The van der Waals surface area contributed by atoms with Gasteiger partial charge < -0.3 is 20.2 Å². The summed E-state index contributed by atoms with van der Waals surface area (Å²) < 4.78 is 10.9. The zero-order valence-electron chi connectivity index (χ0n) is 11.3. The molecule has 4 N–H and O–H groups in total. The van der Waals surface area contributed by atoms with E-state index in [-0.39, 0.29) is 12.0 Å². The molecule has 7 nitrogen and oxygen atoms in total. The van der Waals surface area contributed by atoms with Crippen molar-refractivity contribution in [2.75, 3.05) is 37.1 Å². The van der Waals surface area contributed by atoms with Gasteiger partial charge in [-0.05, 0) is 0 Å². The van der Waals surface area contributed by atoms with Gasteiger partial charge in [0.2, 0.25) is 0 Å². The predicted octanol–water partition coefficient (Wildman–Crippen LogP) is 0.713. The van der Waals surface area contributed by atoms with Gasteiger partial charge in [-0.3, -0.25) is 0 Å². The number of ether oxygens (including phenoxy) is 2. The molecule has 2 rings (SSSR count). The van der Waals surface area contributed by atoms with E-state index in [4.69, 9.17) is 15.3 Å². The zero-order chi connectivity index (χ0) is 13.7. The van der Waals surface area contributed by atoms with Gasteiger partial charge in [0.05, 0.1) is 25.9 Å². The third-order valence-electron chi connectivity index (χ3n) is 2.80. The van der Waals surface area contributed by atoms with Crippen LogP contribution in [0.3, 0.4) is 0 Å². The van der Waals surface area contributed by atoms with E-state index < -0.39 is 0 Å². The number of hydrogen-bond acceptors (Lipinski definition) is 7. The number of aromatic nitrogens is 2. The lowest BCUT2D eigenvalue weighted by atomic mass is 10.2. The maximum atomic E-state index is 5.56. The number of hydrazine groups is 1. The first-order valence-corrected chi connectivity index (χ1v) is 6.48. The summed E-state index contributed by atoms with van der Waals surface area (Å²) in [4.78, 5) is 8.75. The lowest BCUT2D eigenvalue weighted by Gasteiger charge is -2.23. The van der Waals surface area contributed by atoms with E-state index in [0.29, 0.717) is 32.2 Å². The number of nitrogens with one attached hydrogen (secondary N) is 2. The summed E-state index contributed by atoms with van der Waals surface area (Å²) in [6.07, 6.45) is 0.0560. The van der Waals surface area contributed by atoms with Crippen molar-refractivity contribution in [1.29, 1.82) is 0 Å². The number of anilines is 2. The molecule has 106 valence electrons. The largest absolute Gasteiger partial charge is 0.376 e. The molecule has 0 bridgehead atoms. The van der Waals surface area contributed by atoms with E-state index in [1.807, 2.05) is 13.8 Å². The highest BCUT2D eigenvalue weighted by molar-refractivity contribution is 5.47. The van der Waals surface area contributed by atoms with Crippen LogP contribution in [0, 0.1) is 0 Å². The Labute approximate surface area is 112 Å². The zero-order valence-corrected chi connectivity index (χ0v) is 11.3. The maximum absolute atomic E-state index is 5.56. The molecular weight excluding hydrogens is 246 g/mol. The first-order valence-electron chi connectivity index (χ1n) is 6.48. The summed E-state index contributed by atoms with van der Waals surface area (Å²) in [5.74, 6) is 7.74. The van der Waals surface area contributed by atoms with Crippen LogP contribution >= 0.6 is 0 Å². The van der Waals surface area contributed by atoms with Crippen molar-refractivity contribution in [2.45, 2.75) is 25.9 Å². The summed E-state index contributed by atoms with van der Waals surface area (Å²) in [5.41, 5.74) is 2.55. The van der Waals surface area contributed by atoms with Gasteiger partial charge in [0.1, 0.15) is 17.5 Å². The lowest BCUT2D eigenvalue weighted by molar-refractivity contribution is -0.0819.